The number of amides is 1. The molecule has 0 radical (unpaired) electrons. The minimum absolute atomic E-state index is 0.284. The van der Waals surface area contributed by atoms with Crippen molar-refractivity contribution in [2.24, 2.45) is 0 Å². The van der Waals surface area contributed by atoms with Crippen molar-refractivity contribution < 1.29 is 19.4 Å². The molecule has 0 bridgehead atoms. The number of aliphatic carboxylic acids is 1. The maximum Gasteiger partial charge on any atom is 0.305 e. The van der Waals surface area contributed by atoms with Gasteiger partial charge in [0, 0.05) is 16.8 Å². The molecule has 1 amide bonds. The summed E-state index contributed by atoms with van der Waals surface area (Å²) < 4.78 is 5.32. The summed E-state index contributed by atoms with van der Waals surface area (Å²) in [4.78, 5) is 28.4. The van der Waals surface area contributed by atoms with Crippen LogP contribution in [-0.4, -0.2) is 29.1 Å². The van der Waals surface area contributed by atoms with E-state index in [2.05, 4.69) is 10.3 Å². The summed E-state index contributed by atoms with van der Waals surface area (Å²) in [6.07, 6.45) is 1.09. The molecule has 3 aromatic rings. The van der Waals surface area contributed by atoms with Crippen molar-refractivity contribution in [3.63, 3.8) is 0 Å². The van der Waals surface area contributed by atoms with Gasteiger partial charge in [0.2, 0.25) is 5.88 Å². The molecule has 7 heteroatoms. The summed E-state index contributed by atoms with van der Waals surface area (Å²) in [7, 11) is 1.51. The van der Waals surface area contributed by atoms with Crippen LogP contribution in [0.15, 0.2) is 66.9 Å². The topological polar surface area (TPSA) is 88.5 Å². The van der Waals surface area contributed by atoms with E-state index in [0.29, 0.717) is 22.0 Å². The lowest BCUT2D eigenvalue weighted by atomic mass is 10.0. The molecule has 3 rings (SSSR count). The fraction of sp³-hybridized carbons (Fsp3) is 0.136. The van der Waals surface area contributed by atoms with Gasteiger partial charge in [0.1, 0.15) is 0 Å². The first kappa shape index (κ1) is 20.4. The van der Waals surface area contributed by atoms with E-state index in [-0.39, 0.29) is 12.0 Å². The van der Waals surface area contributed by atoms with E-state index in [1.54, 1.807) is 30.3 Å². The van der Waals surface area contributed by atoms with Crippen LogP contribution < -0.4 is 10.1 Å². The average molecular weight is 411 g/mol. The lowest BCUT2D eigenvalue weighted by Gasteiger charge is -2.19. The smallest absolute Gasteiger partial charge is 0.305 e. The molecule has 6 nitrogen and oxygen atoms in total. The Bertz CT molecular complexity index is 1020. The minimum Gasteiger partial charge on any atom is -0.481 e. The molecular formula is C22H19ClN2O4. The van der Waals surface area contributed by atoms with Crippen LogP contribution >= 0.6 is 11.6 Å². The zero-order chi connectivity index (χ0) is 20.8. The number of hydrogen-bond donors (Lipinski definition) is 2. The fourth-order valence-electron chi connectivity index (χ4n) is 2.98. The Morgan fingerprint density at radius 2 is 1.83 bits per heavy atom. The van der Waals surface area contributed by atoms with Crippen LogP contribution in [0.4, 0.5) is 0 Å². The number of nitrogens with one attached hydrogen (secondary N) is 1. The van der Waals surface area contributed by atoms with E-state index in [1.165, 1.54) is 13.3 Å². The van der Waals surface area contributed by atoms with Gasteiger partial charge in [-0.3, -0.25) is 9.59 Å². The molecule has 29 heavy (non-hydrogen) atoms. The SMILES string of the molecule is COc1ncc(C(=O)N[C@@H](CC(=O)O)c2ccccc2Cl)cc1-c1ccccc1. The third-order valence-electron chi connectivity index (χ3n) is 4.36. The Balaban J connectivity index is 1.92. The van der Waals surface area contributed by atoms with Gasteiger partial charge >= 0.3 is 5.97 Å². The van der Waals surface area contributed by atoms with E-state index in [4.69, 9.17) is 16.3 Å². The molecule has 2 N–H and O–H groups in total. The molecule has 148 valence electrons. The Labute approximate surface area is 173 Å². The molecule has 0 aliphatic carbocycles. The monoisotopic (exact) mass is 410 g/mol. The molecule has 0 aliphatic heterocycles. The molecule has 1 aromatic heterocycles. The summed E-state index contributed by atoms with van der Waals surface area (Å²) in [5, 5.41) is 12.4. The van der Waals surface area contributed by atoms with Gasteiger partial charge in [0.25, 0.3) is 5.91 Å². The fourth-order valence-corrected chi connectivity index (χ4v) is 3.24. The van der Waals surface area contributed by atoms with E-state index in [9.17, 15) is 14.7 Å². The normalized spacial score (nSPS) is 11.5. The van der Waals surface area contributed by atoms with Gasteiger partial charge in [0.15, 0.2) is 0 Å². The van der Waals surface area contributed by atoms with Crippen LogP contribution in [0.2, 0.25) is 5.02 Å². The highest BCUT2D eigenvalue weighted by molar-refractivity contribution is 6.31. The summed E-state index contributed by atoms with van der Waals surface area (Å²) in [6.45, 7) is 0. The quantitative estimate of drug-likeness (QED) is 0.604. The van der Waals surface area contributed by atoms with E-state index in [1.807, 2.05) is 30.3 Å². The van der Waals surface area contributed by atoms with Crippen molar-refractivity contribution >= 4 is 23.5 Å². The standard InChI is InChI=1S/C22H19ClN2O4/c1-29-22-17(14-7-3-2-4-8-14)11-15(13-24-22)21(28)25-19(12-20(26)27)16-9-5-6-10-18(16)23/h2-11,13,19H,12H2,1H3,(H,25,28)(H,26,27)/t19-/m0/s1. The Morgan fingerprint density at radius 1 is 1.14 bits per heavy atom. The summed E-state index contributed by atoms with van der Waals surface area (Å²) in [6, 6.07) is 17.1. The minimum atomic E-state index is -1.05. The number of halogens is 1. The molecule has 0 unspecified atom stereocenters. The third-order valence-corrected chi connectivity index (χ3v) is 4.70. The second kappa shape index (κ2) is 9.21. The van der Waals surface area contributed by atoms with Crippen molar-refractivity contribution in [2.45, 2.75) is 12.5 Å². The average Bonchev–Trinajstić information content (AvgIpc) is 2.73. The van der Waals surface area contributed by atoms with Crippen LogP contribution in [-0.2, 0) is 4.79 Å². The number of carbonyl (C=O) groups is 2. The summed E-state index contributed by atoms with van der Waals surface area (Å²) in [5.74, 6) is -1.11. The van der Waals surface area contributed by atoms with Gasteiger partial charge in [-0.2, -0.15) is 0 Å². The Morgan fingerprint density at radius 3 is 2.48 bits per heavy atom. The first-order valence-corrected chi connectivity index (χ1v) is 9.24. The number of carboxylic acid groups (broad SMARTS) is 1. The molecule has 0 saturated heterocycles. The molecular weight excluding hydrogens is 392 g/mol. The molecule has 1 heterocycles. The predicted molar refractivity (Wildman–Crippen MR) is 110 cm³/mol. The highest BCUT2D eigenvalue weighted by atomic mass is 35.5. The number of ether oxygens (including phenoxy) is 1. The maximum absolute atomic E-state index is 12.9. The van der Waals surface area contributed by atoms with Crippen molar-refractivity contribution in [3.05, 3.63) is 83.0 Å². The molecule has 0 saturated carbocycles. The lowest BCUT2D eigenvalue weighted by molar-refractivity contribution is -0.137. The first-order valence-electron chi connectivity index (χ1n) is 8.86. The van der Waals surface area contributed by atoms with Gasteiger partial charge in [0.05, 0.1) is 25.1 Å². The highest BCUT2D eigenvalue weighted by Crippen LogP contribution is 2.29. The van der Waals surface area contributed by atoms with Crippen LogP contribution in [0.1, 0.15) is 28.4 Å². The molecule has 0 spiro atoms. The van der Waals surface area contributed by atoms with Gasteiger partial charge in [-0.05, 0) is 23.3 Å². The van der Waals surface area contributed by atoms with E-state index in [0.717, 1.165) is 5.56 Å². The largest absolute Gasteiger partial charge is 0.481 e. The number of carboxylic acids is 1. The molecule has 2 aromatic carbocycles. The van der Waals surface area contributed by atoms with Crippen molar-refractivity contribution in [1.29, 1.82) is 0 Å². The van der Waals surface area contributed by atoms with Gasteiger partial charge in [-0.1, -0.05) is 60.1 Å². The maximum atomic E-state index is 12.9. The summed E-state index contributed by atoms with van der Waals surface area (Å²) >= 11 is 6.20. The molecule has 0 aliphatic rings. The highest BCUT2D eigenvalue weighted by Gasteiger charge is 2.22. The van der Waals surface area contributed by atoms with E-state index < -0.39 is 17.9 Å². The van der Waals surface area contributed by atoms with Crippen LogP contribution in [0, 0.1) is 0 Å². The summed E-state index contributed by atoms with van der Waals surface area (Å²) in [5.41, 5.74) is 2.33. The Kier molecular flexibility index (Phi) is 6.46. The van der Waals surface area contributed by atoms with E-state index >= 15 is 0 Å². The third kappa shape index (κ3) is 4.92. The van der Waals surface area contributed by atoms with Crippen LogP contribution in [0.5, 0.6) is 5.88 Å². The van der Waals surface area contributed by atoms with Gasteiger partial charge in [-0.25, -0.2) is 4.98 Å². The van der Waals surface area contributed by atoms with Crippen molar-refractivity contribution in [1.82, 2.24) is 10.3 Å². The Hall–Kier alpha value is -3.38. The number of hydrogen-bond acceptors (Lipinski definition) is 4. The number of aromatic nitrogens is 1. The zero-order valence-corrected chi connectivity index (χ0v) is 16.4. The lowest BCUT2D eigenvalue weighted by Crippen LogP contribution is -2.30. The van der Waals surface area contributed by atoms with Crippen LogP contribution in [0.25, 0.3) is 11.1 Å². The number of rotatable bonds is 7. The zero-order valence-electron chi connectivity index (χ0n) is 15.6. The van der Waals surface area contributed by atoms with Gasteiger partial charge < -0.3 is 15.2 Å². The molecule has 1 atom stereocenters. The van der Waals surface area contributed by atoms with Crippen molar-refractivity contribution in [2.75, 3.05) is 7.11 Å². The van der Waals surface area contributed by atoms with Crippen molar-refractivity contribution in [3.8, 4) is 17.0 Å². The second-order valence-electron chi connectivity index (χ2n) is 6.29. The van der Waals surface area contributed by atoms with Crippen LogP contribution in [0.3, 0.4) is 0 Å². The number of methoxy groups -OCH3 is 1. The predicted octanol–water partition coefficient (Wildman–Crippen LogP) is 4.36. The number of nitrogens with zero attached hydrogens (tertiary/aromatic N) is 1. The number of carbonyl (C=O) groups excluding carboxylic acids is 1. The first-order chi connectivity index (χ1) is 14.0. The number of pyridine rings is 1. The molecule has 0 fully saturated rings. The number of benzene rings is 2. The van der Waals surface area contributed by atoms with Gasteiger partial charge in [-0.15, -0.1) is 0 Å². The second-order valence-corrected chi connectivity index (χ2v) is 6.70.